The summed E-state index contributed by atoms with van der Waals surface area (Å²) in [6, 6.07) is 28.2. The second kappa shape index (κ2) is 8.76. The molecule has 162 valence electrons. The SMILES string of the molecule is O=C(O)c1cc2nc(-c3ccccc3OCc3ccccc3)cc(-c3cccc(Cl)c3)n2n1. The minimum atomic E-state index is -1.12. The van der Waals surface area contributed by atoms with Crippen LogP contribution in [0.4, 0.5) is 0 Å². The molecular formula is C26H18ClN3O3. The lowest BCUT2D eigenvalue weighted by Crippen LogP contribution is -2.02. The Morgan fingerprint density at radius 1 is 0.939 bits per heavy atom. The van der Waals surface area contributed by atoms with E-state index >= 15 is 0 Å². The number of aromatic nitrogens is 3. The highest BCUT2D eigenvalue weighted by atomic mass is 35.5. The van der Waals surface area contributed by atoms with Crippen LogP contribution in [0.3, 0.4) is 0 Å². The molecule has 5 rings (SSSR count). The van der Waals surface area contributed by atoms with Crippen LogP contribution in [-0.2, 0) is 6.61 Å². The molecule has 0 radical (unpaired) electrons. The minimum Gasteiger partial charge on any atom is -0.488 e. The topological polar surface area (TPSA) is 76.7 Å². The van der Waals surface area contributed by atoms with Gasteiger partial charge >= 0.3 is 5.97 Å². The maximum absolute atomic E-state index is 11.6. The van der Waals surface area contributed by atoms with Gasteiger partial charge in [-0.15, -0.1) is 0 Å². The number of rotatable bonds is 6. The standard InChI is InChI=1S/C26H18ClN3O3/c27-19-10-6-9-18(13-19)23-14-21(28-25-15-22(26(31)32)29-30(23)25)20-11-4-5-12-24(20)33-16-17-7-2-1-3-8-17/h1-15H,16H2,(H,31,32). The summed E-state index contributed by atoms with van der Waals surface area (Å²) in [5.41, 5.74) is 4.27. The lowest BCUT2D eigenvalue weighted by atomic mass is 10.1. The van der Waals surface area contributed by atoms with Crippen molar-refractivity contribution in [2.75, 3.05) is 0 Å². The highest BCUT2D eigenvalue weighted by Gasteiger charge is 2.17. The van der Waals surface area contributed by atoms with Crippen molar-refractivity contribution >= 4 is 23.2 Å². The third-order valence-electron chi connectivity index (χ3n) is 5.17. The monoisotopic (exact) mass is 455 g/mol. The number of carboxylic acid groups (broad SMARTS) is 1. The van der Waals surface area contributed by atoms with Gasteiger partial charge in [0.2, 0.25) is 0 Å². The zero-order valence-corrected chi connectivity index (χ0v) is 18.1. The number of fused-ring (bicyclic) bond motifs is 1. The molecule has 33 heavy (non-hydrogen) atoms. The van der Waals surface area contributed by atoms with Crippen LogP contribution in [0, 0.1) is 0 Å². The quantitative estimate of drug-likeness (QED) is 0.340. The summed E-state index contributed by atoms with van der Waals surface area (Å²) >= 11 is 6.22. The lowest BCUT2D eigenvalue weighted by molar-refractivity contribution is 0.0690. The van der Waals surface area contributed by atoms with Crippen molar-refractivity contribution in [3.05, 3.63) is 107 Å². The van der Waals surface area contributed by atoms with Crippen molar-refractivity contribution in [2.24, 2.45) is 0 Å². The average Bonchev–Trinajstić information content (AvgIpc) is 3.28. The molecule has 7 heteroatoms. The first-order valence-corrected chi connectivity index (χ1v) is 10.6. The van der Waals surface area contributed by atoms with Gasteiger partial charge in [-0.25, -0.2) is 14.3 Å². The van der Waals surface area contributed by atoms with Gasteiger partial charge in [-0.05, 0) is 35.9 Å². The molecule has 3 aromatic carbocycles. The summed E-state index contributed by atoms with van der Waals surface area (Å²) in [4.78, 5) is 16.3. The van der Waals surface area contributed by atoms with E-state index in [0.717, 1.165) is 16.7 Å². The van der Waals surface area contributed by atoms with E-state index in [9.17, 15) is 9.90 Å². The van der Waals surface area contributed by atoms with Gasteiger partial charge < -0.3 is 9.84 Å². The van der Waals surface area contributed by atoms with Gasteiger partial charge in [0.15, 0.2) is 11.3 Å². The van der Waals surface area contributed by atoms with E-state index in [4.69, 9.17) is 21.3 Å². The van der Waals surface area contributed by atoms with Crippen LogP contribution in [-0.4, -0.2) is 25.7 Å². The number of hydrogen-bond donors (Lipinski definition) is 1. The Kier molecular flexibility index (Phi) is 5.50. The van der Waals surface area contributed by atoms with Crippen molar-refractivity contribution in [3.8, 4) is 28.3 Å². The van der Waals surface area contributed by atoms with Gasteiger partial charge in [-0.1, -0.05) is 66.2 Å². The number of carbonyl (C=O) groups is 1. The van der Waals surface area contributed by atoms with E-state index in [1.807, 2.05) is 72.8 Å². The van der Waals surface area contributed by atoms with Crippen LogP contribution in [0.15, 0.2) is 91.0 Å². The first-order chi connectivity index (χ1) is 16.1. The third kappa shape index (κ3) is 4.29. The van der Waals surface area contributed by atoms with Gasteiger partial charge in [-0.2, -0.15) is 5.10 Å². The highest BCUT2D eigenvalue weighted by molar-refractivity contribution is 6.30. The largest absolute Gasteiger partial charge is 0.488 e. The van der Waals surface area contributed by atoms with E-state index in [1.165, 1.54) is 10.6 Å². The zero-order valence-electron chi connectivity index (χ0n) is 17.4. The first kappa shape index (κ1) is 20.7. The number of aromatic carboxylic acids is 1. The van der Waals surface area contributed by atoms with Crippen molar-refractivity contribution in [1.82, 2.24) is 14.6 Å². The molecule has 1 N–H and O–H groups in total. The molecule has 0 aliphatic heterocycles. The van der Waals surface area contributed by atoms with E-state index in [2.05, 4.69) is 5.10 Å². The van der Waals surface area contributed by atoms with Gasteiger partial charge in [0.05, 0.1) is 11.4 Å². The first-order valence-electron chi connectivity index (χ1n) is 10.2. The molecule has 2 aromatic heterocycles. The molecule has 0 fully saturated rings. The Bertz CT molecular complexity index is 1460. The van der Waals surface area contributed by atoms with Gasteiger partial charge in [0.25, 0.3) is 0 Å². The number of halogens is 1. The van der Waals surface area contributed by atoms with E-state index in [0.29, 0.717) is 34.4 Å². The molecule has 0 saturated heterocycles. The Morgan fingerprint density at radius 2 is 1.73 bits per heavy atom. The summed E-state index contributed by atoms with van der Waals surface area (Å²) in [5.74, 6) is -0.445. The Morgan fingerprint density at radius 3 is 2.52 bits per heavy atom. The molecule has 2 heterocycles. The summed E-state index contributed by atoms with van der Waals surface area (Å²) in [6.07, 6.45) is 0. The smallest absolute Gasteiger partial charge is 0.356 e. The summed E-state index contributed by atoms with van der Waals surface area (Å²) in [5, 5.41) is 14.3. The van der Waals surface area contributed by atoms with Crippen LogP contribution in [0.5, 0.6) is 5.75 Å². The Balaban J connectivity index is 1.64. The van der Waals surface area contributed by atoms with Crippen molar-refractivity contribution in [2.45, 2.75) is 6.61 Å². The molecule has 6 nitrogen and oxygen atoms in total. The fourth-order valence-electron chi connectivity index (χ4n) is 3.61. The molecule has 5 aromatic rings. The van der Waals surface area contributed by atoms with E-state index in [1.54, 1.807) is 12.1 Å². The molecule has 0 spiro atoms. The summed E-state index contributed by atoms with van der Waals surface area (Å²) in [6.45, 7) is 0.414. The number of carboxylic acids is 1. The van der Waals surface area contributed by atoms with Crippen molar-refractivity contribution in [3.63, 3.8) is 0 Å². The molecule has 0 unspecified atom stereocenters. The van der Waals surface area contributed by atoms with Gasteiger partial charge in [0, 0.05) is 22.2 Å². The summed E-state index contributed by atoms with van der Waals surface area (Å²) < 4.78 is 7.64. The zero-order chi connectivity index (χ0) is 22.8. The second-order valence-corrected chi connectivity index (χ2v) is 7.85. The molecule has 0 aliphatic carbocycles. The number of para-hydroxylation sites is 1. The van der Waals surface area contributed by atoms with Crippen LogP contribution in [0.25, 0.3) is 28.2 Å². The molecule has 0 aliphatic rings. The third-order valence-corrected chi connectivity index (χ3v) is 5.40. The molecular weight excluding hydrogens is 438 g/mol. The van der Waals surface area contributed by atoms with Gasteiger partial charge in [-0.3, -0.25) is 0 Å². The molecule has 0 amide bonds. The lowest BCUT2D eigenvalue weighted by Gasteiger charge is -2.13. The Hall–Kier alpha value is -4.16. The highest BCUT2D eigenvalue weighted by Crippen LogP contribution is 2.33. The van der Waals surface area contributed by atoms with E-state index < -0.39 is 5.97 Å². The molecule has 0 atom stereocenters. The normalized spacial score (nSPS) is 10.9. The van der Waals surface area contributed by atoms with Crippen LogP contribution >= 0.6 is 11.6 Å². The molecule has 0 saturated carbocycles. The second-order valence-electron chi connectivity index (χ2n) is 7.41. The minimum absolute atomic E-state index is 0.0865. The maximum Gasteiger partial charge on any atom is 0.356 e. The number of ether oxygens (including phenoxy) is 1. The molecule has 0 bridgehead atoms. The van der Waals surface area contributed by atoms with Crippen LogP contribution in [0.2, 0.25) is 5.02 Å². The fourth-order valence-corrected chi connectivity index (χ4v) is 3.80. The van der Waals surface area contributed by atoms with Crippen molar-refractivity contribution < 1.29 is 14.6 Å². The average molecular weight is 456 g/mol. The predicted octanol–water partition coefficient (Wildman–Crippen LogP) is 5.99. The van der Waals surface area contributed by atoms with Crippen LogP contribution < -0.4 is 4.74 Å². The van der Waals surface area contributed by atoms with Crippen LogP contribution in [0.1, 0.15) is 16.1 Å². The predicted molar refractivity (Wildman–Crippen MR) is 127 cm³/mol. The van der Waals surface area contributed by atoms with Crippen molar-refractivity contribution in [1.29, 1.82) is 0 Å². The Labute approximate surface area is 194 Å². The van der Waals surface area contributed by atoms with Gasteiger partial charge in [0.1, 0.15) is 12.4 Å². The number of hydrogen-bond acceptors (Lipinski definition) is 4. The number of nitrogens with zero attached hydrogens (tertiary/aromatic N) is 3. The maximum atomic E-state index is 11.6. The van der Waals surface area contributed by atoms with E-state index in [-0.39, 0.29) is 5.69 Å². The summed E-state index contributed by atoms with van der Waals surface area (Å²) in [7, 11) is 0. The fraction of sp³-hybridized carbons (Fsp3) is 0.0385. The number of benzene rings is 3.